The zero-order valence-corrected chi connectivity index (χ0v) is 10.4. The number of pyridine rings is 1. The molecule has 1 heterocycles. The van der Waals surface area contributed by atoms with Crippen LogP contribution in [0.2, 0.25) is 0 Å². The van der Waals surface area contributed by atoms with Gasteiger partial charge < -0.3 is 14.7 Å². The summed E-state index contributed by atoms with van der Waals surface area (Å²) in [6, 6.07) is 3.49. The van der Waals surface area contributed by atoms with Gasteiger partial charge in [0.05, 0.1) is 18.5 Å². The predicted octanol–water partition coefficient (Wildman–Crippen LogP) is 0.819. The third-order valence-corrected chi connectivity index (χ3v) is 2.49. The quantitative estimate of drug-likeness (QED) is 0.825. The molecule has 0 aromatic carbocycles. The van der Waals surface area contributed by atoms with Crippen molar-refractivity contribution in [2.45, 2.75) is 26.5 Å². The summed E-state index contributed by atoms with van der Waals surface area (Å²) in [6.07, 6.45) is 1.49. The second kappa shape index (κ2) is 6.20. The van der Waals surface area contributed by atoms with Crippen molar-refractivity contribution in [2.24, 2.45) is 0 Å². The number of aliphatic hydroxyl groups excluding tert-OH is 1. The van der Waals surface area contributed by atoms with E-state index in [1.54, 1.807) is 24.1 Å². The average Bonchev–Trinajstić information content (AvgIpc) is 2.35. The number of nitrogens with zero attached hydrogens (tertiary/aromatic N) is 2. The molecule has 5 heteroatoms. The topological polar surface area (TPSA) is 62.7 Å². The van der Waals surface area contributed by atoms with Gasteiger partial charge in [-0.3, -0.25) is 9.78 Å². The fourth-order valence-electron chi connectivity index (χ4n) is 1.12. The molecule has 0 saturated carbocycles. The van der Waals surface area contributed by atoms with Gasteiger partial charge in [0.2, 0.25) is 0 Å². The number of carbonyl (C=O) groups is 1. The van der Waals surface area contributed by atoms with Crippen LogP contribution >= 0.6 is 0 Å². The van der Waals surface area contributed by atoms with Crippen LogP contribution < -0.4 is 4.74 Å². The summed E-state index contributed by atoms with van der Waals surface area (Å²) in [6.45, 7) is 3.77. The second-order valence-corrected chi connectivity index (χ2v) is 4.03. The number of hydrogen-bond acceptors (Lipinski definition) is 4. The monoisotopic (exact) mass is 238 g/mol. The van der Waals surface area contributed by atoms with Gasteiger partial charge in [-0.1, -0.05) is 0 Å². The van der Waals surface area contributed by atoms with Crippen LogP contribution in [0.4, 0.5) is 0 Å². The molecule has 1 aromatic rings. The molecular weight excluding hydrogens is 220 g/mol. The molecule has 0 bridgehead atoms. The molecule has 0 unspecified atom stereocenters. The normalized spacial score (nSPS) is 10.4. The van der Waals surface area contributed by atoms with E-state index in [1.807, 2.05) is 13.8 Å². The van der Waals surface area contributed by atoms with Crippen LogP contribution in [0.25, 0.3) is 0 Å². The van der Waals surface area contributed by atoms with E-state index in [1.165, 1.54) is 6.20 Å². The summed E-state index contributed by atoms with van der Waals surface area (Å²) in [7, 11) is 1.74. The van der Waals surface area contributed by atoms with E-state index in [0.29, 0.717) is 11.4 Å². The highest BCUT2D eigenvalue weighted by Crippen LogP contribution is 2.09. The first-order chi connectivity index (χ1) is 8.04. The zero-order valence-electron chi connectivity index (χ0n) is 10.4. The number of aromatic nitrogens is 1. The molecule has 1 aromatic heterocycles. The molecule has 17 heavy (non-hydrogen) atoms. The Bertz CT molecular complexity index is 363. The minimum atomic E-state index is -0.102. The molecule has 1 amide bonds. The largest absolute Gasteiger partial charge is 0.482 e. The third kappa shape index (κ3) is 4.03. The Morgan fingerprint density at radius 1 is 1.53 bits per heavy atom. The first-order valence-corrected chi connectivity index (χ1v) is 5.49. The van der Waals surface area contributed by atoms with Crippen LogP contribution in [0.5, 0.6) is 5.75 Å². The van der Waals surface area contributed by atoms with E-state index in [9.17, 15) is 4.79 Å². The first kappa shape index (κ1) is 13.4. The van der Waals surface area contributed by atoms with Crippen molar-refractivity contribution in [3.63, 3.8) is 0 Å². The van der Waals surface area contributed by atoms with E-state index < -0.39 is 0 Å². The summed E-state index contributed by atoms with van der Waals surface area (Å²) >= 11 is 0. The van der Waals surface area contributed by atoms with Crippen LogP contribution in [0.15, 0.2) is 18.3 Å². The Labute approximate surface area is 101 Å². The van der Waals surface area contributed by atoms with Gasteiger partial charge in [0, 0.05) is 13.1 Å². The van der Waals surface area contributed by atoms with Gasteiger partial charge in [-0.15, -0.1) is 0 Å². The molecule has 0 saturated heterocycles. The van der Waals surface area contributed by atoms with Gasteiger partial charge in [0.1, 0.15) is 5.75 Å². The number of aliphatic hydroxyl groups is 1. The van der Waals surface area contributed by atoms with Crippen molar-refractivity contribution in [1.82, 2.24) is 9.88 Å². The van der Waals surface area contributed by atoms with E-state index in [2.05, 4.69) is 4.98 Å². The van der Waals surface area contributed by atoms with Crippen molar-refractivity contribution in [1.29, 1.82) is 0 Å². The number of ether oxygens (including phenoxy) is 1. The molecule has 94 valence electrons. The molecule has 5 nitrogen and oxygen atoms in total. The third-order valence-electron chi connectivity index (χ3n) is 2.49. The maximum atomic E-state index is 11.6. The van der Waals surface area contributed by atoms with Gasteiger partial charge in [-0.05, 0) is 26.0 Å². The lowest BCUT2D eigenvalue weighted by Crippen LogP contribution is -2.36. The molecule has 0 spiro atoms. The number of hydrogen-bond donors (Lipinski definition) is 1. The van der Waals surface area contributed by atoms with E-state index in [0.717, 1.165) is 0 Å². The summed E-state index contributed by atoms with van der Waals surface area (Å²) in [4.78, 5) is 17.2. The molecule has 0 atom stereocenters. The van der Waals surface area contributed by atoms with Crippen LogP contribution in [0, 0.1) is 0 Å². The van der Waals surface area contributed by atoms with Crippen molar-refractivity contribution in [2.75, 3.05) is 13.7 Å². The zero-order chi connectivity index (χ0) is 12.8. The minimum Gasteiger partial charge on any atom is -0.482 e. The Balaban J connectivity index is 2.47. The lowest BCUT2D eigenvalue weighted by Gasteiger charge is -2.21. The highest BCUT2D eigenvalue weighted by molar-refractivity contribution is 5.77. The highest BCUT2D eigenvalue weighted by atomic mass is 16.5. The van der Waals surface area contributed by atoms with Crippen LogP contribution in [0.3, 0.4) is 0 Å². The van der Waals surface area contributed by atoms with E-state index >= 15 is 0 Å². The van der Waals surface area contributed by atoms with Gasteiger partial charge in [-0.2, -0.15) is 0 Å². The Morgan fingerprint density at radius 3 is 2.71 bits per heavy atom. The van der Waals surface area contributed by atoms with Crippen LogP contribution in [-0.2, 0) is 11.4 Å². The average molecular weight is 238 g/mol. The standard InChI is InChI=1S/C12H18N2O3/c1-9(2)14(3)12(16)8-17-11-5-4-10(7-15)13-6-11/h4-6,9,15H,7-8H2,1-3H3. The van der Waals surface area contributed by atoms with Crippen molar-refractivity contribution in [3.8, 4) is 5.75 Å². The number of amides is 1. The summed E-state index contributed by atoms with van der Waals surface area (Å²) in [5.74, 6) is 0.443. The Kier molecular flexibility index (Phi) is 4.90. The number of carbonyl (C=O) groups excluding carboxylic acids is 1. The summed E-state index contributed by atoms with van der Waals surface area (Å²) in [5.41, 5.74) is 0.572. The maximum absolute atomic E-state index is 11.6. The molecule has 0 aliphatic heterocycles. The number of likely N-dealkylation sites (N-methyl/N-ethyl adjacent to an activating group) is 1. The molecule has 0 aliphatic rings. The van der Waals surface area contributed by atoms with E-state index in [-0.39, 0.29) is 25.2 Å². The fourth-order valence-corrected chi connectivity index (χ4v) is 1.12. The van der Waals surface area contributed by atoms with Gasteiger partial charge >= 0.3 is 0 Å². The Morgan fingerprint density at radius 2 is 2.24 bits per heavy atom. The van der Waals surface area contributed by atoms with Crippen LogP contribution in [0.1, 0.15) is 19.5 Å². The van der Waals surface area contributed by atoms with Crippen LogP contribution in [-0.4, -0.2) is 40.6 Å². The van der Waals surface area contributed by atoms with Gasteiger partial charge in [0.25, 0.3) is 5.91 Å². The maximum Gasteiger partial charge on any atom is 0.260 e. The Hall–Kier alpha value is -1.62. The minimum absolute atomic E-state index is 0.00513. The second-order valence-electron chi connectivity index (χ2n) is 4.03. The molecule has 1 rings (SSSR count). The molecule has 0 aliphatic carbocycles. The lowest BCUT2D eigenvalue weighted by atomic mass is 10.3. The van der Waals surface area contributed by atoms with Crippen molar-refractivity contribution >= 4 is 5.91 Å². The summed E-state index contributed by atoms with van der Waals surface area (Å²) in [5, 5.41) is 8.82. The smallest absolute Gasteiger partial charge is 0.260 e. The van der Waals surface area contributed by atoms with Gasteiger partial charge in [-0.25, -0.2) is 0 Å². The molecule has 0 radical (unpaired) electrons. The van der Waals surface area contributed by atoms with Crippen molar-refractivity contribution < 1.29 is 14.6 Å². The number of rotatable bonds is 5. The first-order valence-electron chi connectivity index (χ1n) is 5.49. The highest BCUT2D eigenvalue weighted by Gasteiger charge is 2.12. The molecular formula is C12H18N2O3. The predicted molar refractivity (Wildman–Crippen MR) is 63.6 cm³/mol. The lowest BCUT2D eigenvalue weighted by molar-refractivity contribution is -0.133. The molecule has 0 fully saturated rings. The van der Waals surface area contributed by atoms with E-state index in [4.69, 9.17) is 9.84 Å². The molecule has 1 N–H and O–H groups in total. The van der Waals surface area contributed by atoms with Gasteiger partial charge in [0.15, 0.2) is 6.61 Å². The fraction of sp³-hybridized carbons (Fsp3) is 0.500. The van der Waals surface area contributed by atoms with Crippen molar-refractivity contribution in [3.05, 3.63) is 24.0 Å². The SMILES string of the molecule is CC(C)N(C)C(=O)COc1ccc(CO)nc1. The summed E-state index contributed by atoms with van der Waals surface area (Å²) < 4.78 is 5.30.